The molecule has 16 heavy (non-hydrogen) atoms. The van der Waals surface area contributed by atoms with Crippen molar-refractivity contribution in [3.05, 3.63) is 29.8 Å². The zero-order valence-corrected chi connectivity index (χ0v) is 11.1. The minimum absolute atomic E-state index is 0. The van der Waals surface area contributed by atoms with E-state index in [0.717, 1.165) is 0 Å². The van der Waals surface area contributed by atoms with Crippen LogP contribution in [0.15, 0.2) is 18.2 Å². The number of fused-ring (bicyclic) bond motifs is 1. The summed E-state index contributed by atoms with van der Waals surface area (Å²) in [6.07, 6.45) is -0.204. The molecule has 0 aliphatic rings. The third-order valence-electron chi connectivity index (χ3n) is 2.26. The van der Waals surface area contributed by atoms with E-state index in [-0.39, 0.29) is 41.5 Å². The number of hydrogen-bond acceptors (Lipinski definition) is 2. The van der Waals surface area contributed by atoms with Crippen LogP contribution in [0.4, 0.5) is 4.39 Å². The van der Waals surface area contributed by atoms with Crippen LogP contribution in [0.5, 0.6) is 0 Å². The summed E-state index contributed by atoms with van der Waals surface area (Å²) in [5.74, 6) is -1.06. The fourth-order valence-corrected chi connectivity index (χ4v) is 1.52. The standard InChI is InChI=1S/C10H9FN2O2.Na/c1-13-7-4-2-3-6(11)10(7)12-8(13)5-9(14)15;/h2-4H,5H2,1H3,(H,14,15);. The molecule has 1 radical (unpaired) electrons. The molecule has 1 aromatic carbocycles. The maximum atomic E-state index is 13.3. The van der Waals surface area contributed by atoms with Crippen LogP contribution < -0.4 is 0 Å². The maximum Gasteiger partial charge on any atom is 0.311 e. The van der Waals surface area contributed by atoms with Gasteiger partial charge in [-0.15, -0.1) is 0 Å². The van der Waals surface area contributed by atoms with E-state index < -0.39 is 11.8 Å². The Bertz CT molecular complexity index is 539. The number of carboxylic acid groups (broad SMARTS) is 1. The first-order valence-electron chi connectivity index (χ1n) is 4.41. The minimum atomic E-state index is -0.978. The van der Waals surface area contributed by atoms with Gasteiger partial charge in [-0.05, 0) is 12.1 Å². The molecule has 6 heteroatoms. The topological polar surface area (TPSA) is 55.1 Å². The number of nitrogens with zero attached hydrogens (tertiary/aromatic N) is 2. The SMILES string of the molecule is Cn1c(CC(=O)O)nc2c(F)cccc21.[Na]. The Labute approximate surface area is 113 Å². The zero-order valence-electron chi connectivity index (χ0n) is 9.07. The van der Waals surface area contributed by atoms with Gasteiger partial charge in [0, 0.05) is 36.6 Å². The van der Waals surface area contributed by atoms with Gasteiger partial charge in [0.15, 0.2) is 5.82 Å². The number of imidazole rings is 1. The van der Waals surface area contributed by atoms with Gasteiger partial charge in [-0.25, -0.2) is 9.37 Å². The molecule has 2 aromatic rings. The Hall–Kier alpha value is -0.910. The summed E-state index contributed by atoms with van der Waals surface area (Å²) in [5, 5.41) is 8.64. The van der Waals surface area contributed by atoms with E-state index in [2.05, 4.69) is 4.98 Å². The van der Waals surface area contributed by atoms with Crippen LogP contribution in [0.1, 0.15) is 5.82 Å². The van der Waals surface area contributed by atoms with Crippen molar-refractivity contribution in [2.45, 2.75) is 6.42 Å². The summed E-state index contributed by atoms with van der Waals surface area (Å²) in [6, 6.07) is 4.58. The van der Waals surface area contributed by atoms with Crippen LogP contribution in [-0.2, 0) is 18.3 Å². The van der Waals surface area contributed by atoms with Gasteiger partial charge in [0.25, 0.3) is 0 Å². The van der Waals surface area contributed by atoms with Gasteiger partial charge < -0.3 is 9.67 Å². The van der Waals surface area contributed by atoms with E-state index >= 15 is 0 Å². The quantitative estimate of drug-likeness (QED) is 0.783. The molecule has 0 saturated carbocycles. The molecule has 0 atom stereocenters. The molecule has 0 fully saturated rings. The molecule has 0 amide bonds. The Morgan fingerprint density at radius 1 is 1.56 bits per heavy atom. The largest absolute Gasteiger partial charge is 0.481 e. The second-order valence-electron chi connectivity index (χ2n) is 3.27. The molecule has 2 rings (SSSR count). The van der Waals surface area contributed by atoms with Crippen LogP contribution in [-0.4, -0.2) is 50.2 Å². The van der Waals surface area contributed by atoms with Gasteiger partial charge in [0.2, 0.25) is 0 Å². The molecular formula is C10H9FN2NaO2. The van der Waals surface area contributed by atoms with E-state index in [1.807, 2.05) is 0 Å². The van der Waals surface area contributed by atoms with Crippen molar-refractivity contribution in [3.8, 4) is 0 Å². The van der Waals surface area contributed by atoms with E-state index in [0.29, 0.717) is 11.3 Å². The normalized spacial score (nSPS) is 10.1. The number of para-hydroxylation sites is 1. The number of aliphatic carboxylic acids is 1. The molecule has 0 aliphatic heterocycles. The third kappa shape index (κ3) is 2.26. The van der Waals surface area contributed by atoms with Crippen molar-refractivity contribution >= 4 is 46.6 Å². The molecular weight excluding hydrogens is 222 g/mol. The van der Waals surface area contributed by atoms with Gasteiger partial charge in [0.05, 0.1) is 5.52 Å². The van der Waals surface area contributed by atoms with Crippen molar-refractivity contribution in [2.75, 3.05) is 0 Å². The van der Waals surface area contributed by atoms with Gasteiger partial charge in [-0.3, -0.25) is 4.79 Å². The fourth-order valence-electron chi connectivity index (χ4n) is 1.52. The summed E-state index contributed by atoms with van der Waals surface area (Å²) >= 11 is 0. The molecule has 0 unspecified atom stereocenters. The first kappa shape index (κ1) is 13.2. The molecule has 0 aliphatic carbocycles. The van der Waals surface area contributed by atoms with E-state index in [1.54, 1.807) is 23.7 Å². The Morgan fingerprint density at radius 2 is 2.25 bits per heavy atom. The predicted molar refractivity (Wildman–Crippen MR) is 57.8 cm³/mol. The smallest absolute Gasteiger partial charge is 0.311 e. The summed E-state index contributed by atoms with van der Waals surface area (Å²) in [4.78, 5) is 14.5. The van der Waals surface area contributed by atoms with Gasteiger partial charge >= 0.3 is 5.97 Å². The Kier molecular flexibility index (Phi) is 4.07. The van der Waals surface area contributed by atoms with Crippen LogP contribution in [0.3, 0.4) is 0 Å². The van der Waals surface area contributed by atoms with Gasteiger partial charge in [-0.2, -0.15) is 0 Å². The number of carbonyl (C=O) groups is 1. The molecule has 1 heterocycles. The Morgan fingerprint density at radius 3 is 2.81 bits per heavy atom. The second-order valence-corrected chi connectivity index (χ2v) is 3.27. The Balaban J connectivity index is 0.00000128. The van der Waals surface area contributed by atoms with Crippen molar-refractivity contribution in [3.63, 3.8) is 0 Å². The van der Waals surface area contributed by atoms with Crippen LogP contribution >= 0.6 is 0 Å². The molecule has 79 valence electrons. The molecule has 0 bridgehead atoms. The van der Waals surface area contributed by atoms with Crippen molar-refractivity contribution < 1.29 is 14.3 Å². The summed E-state index contributed by atoms with van der Waals surface area (Å²) in [7, 11) is 1.67. The number of carboxylic acids is 1. The monoisotopic (exact) mass is 231 g/mol. The maximum absolute atomic E-state index is 13.3. The third-order valence-corrected chi connectivity index (χ3v) is 2.26. The van der Waals surface area contributed by atoms with Gasteiger partial charge in [-0.1, -0.05) is 6.07 Å². The first-order valence-corrected chi connectivity index (χ1v) is 4.41. The molecule has 1 N–H and O–H groups in total. The van der Waals surface area contributed by atoms with Crippen molar-refractivity contribution in [1.29, 1.82) is 0 Å². The van der Waals surface area contributed by atoms with E-state index in [1.165, 1.54) is 6.07 Å². The number of benzene rings is 1. The summed E-state index contributed by atoms with van der Waals surface area (Å²) in [6.45, 7) is 0. The van der Waals surface area contributed by atoms with Gasteiger partial charge in [0.1, 0.15) is 17.8 Å². The second kappa shape index (κ2) is 4.95. The summed E-state index contributed by atoms with van der Waals surface area (Å²) < 4.78 is 14.9. The number of aromatic nitrogens is 2. The van der Waals surface area contributed by atoms with Crippen molar-refractivity contribution in [1.82, 2.24) is 9.55 Å². The van der Waals surface area contributed by atoms with E-state index in [9.17, 15) is 9.18 Å². The number of rotatable bonds is 2. The average molecular weight is 231 g/mol. The number of halogens is 1. The molecule has 0 saturated heterocycles. The fraction of sp³-hybridized carbons (Fsp3) is 0.200. The first-order chi connectivity index (χ1) is 7.09. The van der Waals surface area contributed by atoms with Crippen LogP contribution in [0.2, 0.25) is 0 Å². The van der Waals surface area contributed by atoms with E-state index in [4.69, 9.17) is 5.11 Å². The predicted octanol–water partition coefficient (Wildman–Crippen LogP) is 0.959. The number of aryl methyl sites for hydroxylation is 1. The minimum Gasteiger partial charge on any atom is -0.481 e. The van der Waals surface area contributed by atoms with Crippen molar-refractivity contribution in [2.24, 2.45) is 7.05 Å². The summed E-state index contributed by atoms with van der Waals surface area (Å²) in [5.41, 5.74) is 0.822. The zero-order chi connectivity index (χ0) is 11.0. The number of hydrogen-bond donors (Lipinski definition) is 1. The molecule has 4 nitrogen and oxygen atoms in total. The molecule has 1 aromatic heterocycles. The average Bonchev–Trinajstić information content (AvgIpc) is 2.46. The molecule has 0 spiro atoms. The van der Waals surface area contributed by atoms with Crippen LogP contribution in [0, 0.1) is 5.82 Å². The van der Waals surface area contributed by atoms with Crippen LogP contribution in [0.25, 0.3) is 11.0 Å².